The summed E-state index contributed by atoms with van der Waals surface area (Å²) in [7, 11) is -1.46. The van der Waals surface area contributed by atoms with Crippen LogP contribution in [-0.2, 0) is 20.4 Å². The number of aliphatic hydroxyl groups is 1. The Kier molecular flexibility index (Phi) is 5.21. The van der Waals surface area contributed by atoms with E-state index in [4.69, 9.17) is 0 Å². The molecule has 0 spiro atoms. The maximum absolute atomic E-state index is 12.0. The van der Waals surface area contributed by atoms with Crippen molar-refractivity contribution in [1.29, 1.82) is 0 Å². The van der Waals surface area contributed by atoms with Crippen LogP contribution in [0, 0.1) is 5.92 Å². The second-order valence-corrected chi connectivity index (χ2v) is 7.97. The van der Waals surface area contributed by atoms with Gasteiger partial charge in [-0.3, -0.25) is 13.9 Å². The van der Waals surface area contributed by atoms with E-state index >= 15 is 0 Å². The predicted molar refractivity (Wildman–Crippen MR) is 68.7 cm³/mol. The van der Waals surface area contributed by atoms with Gasteiger partial charge in [-0.05, 0) is 13.8 Å². The van der Waals surface area contributed by atoms with Gasteiger partial charge in [0.1, 0.15) is 5.37 Å². The van der Waals surface area contributed by atoms with Crippen LogP contribution in [0.15, 0.2) is 9.93 Å². The summed E-state index contributed by atoms with van der Waals surface area (Å²) in [6, 6.07) is 0. The first-order valence-electron chi connectivity index (χ1n) is 5.76. The van der Waals surface area contributed by atoms with Gasteiger partial charge in [0.25, 0.3) is 0 Å². The number of rotatable bonds is 4. The third-order valence-electron chi connectivity index (χ3n) is 3.13. The van der Waals surface area contributed by atoms with Crippen LogP contribution in [0.3, 0.4) is 0 Å². The van der Waals surface area contributed by atoms with Crippen LogP contribution in [0.2, 0.25) is 0 Å². The first kappa shape index (κ1) is 17.8. The van der Waals surface area contributed by atoms with Gasteiger partial charge in [-0.25, -0.2) is 0 Å². The standard InChI is InChI=1S/C11H15NO5S2.Li/c1-4-19(17)10-6(9(14)15)12-7(13)5(8(12)18-10)11(2,3)16;/h5,8,16H,4H2,1-3H3,(H,14,15);/q;+1/p-1/t5-,8-,19?;/m1./s1. The molecular weight excluding hydrogens is 297 g/mol. The van der Waals surface area contributed by atoms with Crippen molar-refractivity contribution >= 4 is 34.4 Å². The topological polar surface area (TPSA) is 97.7 Å². The van der Waals surface area contributed by atoms with Crippen LogP contribution in [0.4, 0.5) is 0 Å². The van der Waals surface area contributed by atoms with Crippen molar-refractivity contribution in [1.82, 2.24) is 4.90 Å². The number of fused-ring (bicyclic) bond motifs is 1. The van der Waals surface area contributed by atoms with Gasteiger partial charge in [0, 0.05) is 5.75 Å². The summed E-state index contributed by atoms with van der Waals surface area (Å²) in [6.45, 7) is 4.67. The fourth-order valence-corrected chi connectivity index (χ4v) is 5.36. The van der Waals surface area contributed by atoms with Crippen LogP contribution in [0.25, 0.3) is 0 Å². The molecule has 2 heterocycles. The number of amides is 1. The van der Waals surface area contributed by atoms with Gasteiger partial charge in [0.05, 0.1) is 38.2 Å². The maximum Gasteiger partial charge on any atom is 1.00 e. The molecule has 0 aromatic heterocycles. The normalized spacial score (nSPS) is 26.8. The summed E-state index contributed by atoms with van der Waals surface area (Å²) >= 11 is 1.07. The Morgan fingerprint density at radius 2 is 2.10 bits per heavy atom. The molecule has 106 valence electrons. The molecule has 0 aromatic rings. The van der Waals surface area contributed by atoms with Crippen LogP contribution in [0.5, 0.6) is 0 Å². The van der Waals surface area contributed by atoms with E-state index in [-0.39, 0.29) is 34.5 Å². The molecule has 0 saturated carbocycles. The Morgan fingerprint density at radius 3 is 2.50 bits per heavy atom. The van der Waals surface area contributed by atoms with Crippen molar-refractivity contribution in [2.75, 3.05) is 5.75 Å². The van der Waals surface area contributed by atoms with Crippen molar-refractivity contribution in [3.63, 3.8) is 0 Å². The molecule has 2 rings (SSSR count). The van der Waals surface area contributed by atoms with E-state index in [2.05, 4.69) is 0 Å². The molecule has 9 heteroatoms. The largest absolute Gasteiger partial charge is 1.00 e. The number of carbonyl (C=O) groups is 2. The number of β-lactam (4-membered cyclic amide) rings is 1. The van der Waals surface area contributed by atoms with E-state index in [9.17, 15) is 24.0 Å². The number of nitrogens with zero attached hydrogens (tertiary/aromatic N) is 1. The second kappa shape index (κ2) is 5.85. The number of aliphatic carboxylic acids is 1. The Hall–Kier alpha value is -0.263. The predicted octanol–water partition coefficient (Wildman–Crippen LogP) is -4.02. The minimum atomic E-state index is -1.51. The molecule has 0 aromatic carbocycles. The van der Waals surface area contributed by atoms with Gasteiger partial charge in [0.15, 0.2) is 0 Å². The molecule has 0 bridgehead atoms. The molecule has 1 fully saturated rings. The Bertz CT molecular complexity index is 513. The first-order chi connectivity index (χ1) is 8.70. The van der Waals surface area contributed by atoms with Crippen molar-refractivity contribution in [3.8, 4) is 0 Å². The summed E-state index contributed by atoms with van der Waals surface area (Å²) in [5, 5.41) is 20.6. The molecule has 0 radical (unpaired) electrons. The monoisotopic (exact) mass is 311 g/mol. The van der Waals surface area contributed by atoms with Gasteiger partial charge >= 0.3 is 18.9 Å². The molecular formula is C11H14LiNO5S2. The van der Waals surface area contributed by atoms with Crippen molar-refractivity contribution < 1.29 is 42.9 Å². The number of carboxylic acids is 1. The summed E-state index contributed by atoms with van der Waals surface area (Å²) in [5.41, 5.74) is -1.55. The van der Waals surface area contributed by atoms with Gasteiger partial charge in [-0.2, -0.15) is 0 Å². The molecule has 3 atom stereocenters. The third-order valence-corrected chi connectivity index (χ3v) is 6.24. The summed E-state index contributed by atoms with van der Waals surface area (Å²) < 4.78 is 12.0. The quantitative estimate of drug-likeness (QED) is 0.419. The Labute approximate surface area is 135 Å². The van der Waals surface area contributed by atoms with Gasteiger partial charge in [-0.15, -0.1) is 0 Å². The number of thioether (sulfide) groups is 1. The minimum Gasteiger partial charge on any atom is -0.543 e. The van der Waals surface area contributed by atoms with E-state index in [0.29, 0.717) is 0 Å². The fourth-order valence-electron chi connectivity index (χ4n) is 2.21. The van der Waals surface area contributed by atoms with E-state index in [1.165, 1.54) is 13.8 Å². The fraction of sp³-hybridized carbons (Fsp3) is 0.636. The molecule has 0 aliphatic carbocycles. The van der Waals surface area contributed by atoms with Gasteiger partial charge < -0.3 is 15.0 Å². The van der Waals surface area contributed by atoms with E-state index < -0.39 is 39.6 Å². The van der Waals surface area contributed by atoms with E-state index in [0.717, 1.165) is 16.7 Å². The number of carbonyl (C=O) groups excluding carboxylic acids is 2. The Morgan fingerprint density at radius 1 is 1.55 bits per heavy atom. The second-order valence-electron chi connectivity index (χ2n) is 4.91. The summed E-state index contributed by atoms with van der Waals surface area (Å²) in [4.78, 5) is 24.2. The molecule has 20 heavy (non-hydrogen) atoms. The zero-order valence-electron chi connectivity index (χ0n) is 11.7. The average Bonchev–Trinajstić information content (AvgIpc) is 2.60. The van der Waals surface area contributed by atoms with Crippen molar-refractivity contribution in [2.45, 2.75) is 31.7 Å². The molecule has 1 amide bonds. The molecule has 1 saturated heterocycles. The van der Waals surface area contributed by atoms with Crippen LogP contribution in [-0.4, -0.2) is 42.8 Å². The zero-order chi connectivity index (χ0) is 14.5. The molecule has 6 nitrogen and oxygen atoms in total. The number of hydrogen-bond donors (Lipinski definition) is 1. The SMILES string of the molecule is CCS(=O)C1=C(C(=O)[O-])N2C(=O)[C@@H](C(C)(C)O)[C@H]2S1.[Li+]. The molecule has 2 aliphatic heterocycles. The Balaban J connectivity index is 0.00000200. The molecule has 1 N–H and O–H groups in total. The summed E-state index contributed by atoms with van der Waals surface area (Å²) in [5.74, 6) is -2.40. The number of carboxylic acid groups (broad SMARTS) is 1. The molecule has 2 aliphatic rings. The van der Waals surface area contributed by atoms with E-state index in [1.807, 2.05) is 0 Å². The summed E-state index contributed by atoms with van der Waals surface area (Å²) in [6.07, 6.45) is 0. The smallest absolute Gasteiger partial charge is 0.543 e. The van der Waals surface area contributed by atoms with Crippen LogP contribution >= 0.6 is 11.8 Å². The number of hydrogen-bond acceptors (Lipinski definition) is 6. The minimum absolute atomic E-state index is 0. The average molecular weight is 311 g/mol. The van der Waals surface area contributed by atoms with Crippen molar-refractivity contribution in [2.24, 2.45) is 5.92 Å². The van der Waals surface area contributed by atoms with Crippen LogP contribution < -0.4 is 24.0 Å². The maximum atomic E-state index is 12.0. The molecule has 1 unspecified atom stereocenters. The third kappa shape index (κ3) is 2.60. The van der Waals surface area contributed by atoms with E-state index in [1.54, 1.807) is 6.92 Å². The van der Waals surface area contributed by atoms with Gasteiger partial charge in [0.2, 0.25) is 5.91 Å². The zero-order valence-corrected chi connectivity index (χ0v) is 13.3. The van der Waals surface area contributed by atoms with Crippen LogP contribution in [0.1, 0.15) is 20.8 Å². The van der Waals surface area contributed by atoms with Crippen molar-refractivity contribution in [3.05, 3.63) is 9.93 Å². The first-order valence-corrected chi connectivity index (χ1v) is 7.96. The van der Waals surface area contributed by atoms with Gasteiger partial charge in [-0.1, -0.05) is 18.7 Å².